The lowest BCUT2D eigenvalue weighted by Gasteiger charge is -2.07. The third kappa shape index (κ3) is 6.58. The summed E-state index contributed by atoms with van der Waals surface area (Å²) in [6.07, 6.45) is 0.728. The van der Waals surface area contributed by atoms with E-state index >= 15 is 0 Å². The maximum Gasteiger partial charge on any atom is 0.306 e. The average molecular weight is 296 g/mol. The van der Waals surface area contributed by atoms with Gasteiger partial charge < -0.3 is 15.8 Å². The molecule has 0 aliphatic heterocycles. The van der Waals surface area contributed by atoms with Gasteiger partial charge in [0.2, 0.25) is 5.91 Å². The maximum atomic E-state index is 11.4. The Kier molecular flexibility index (Phi) is 7.75. The zero-order valence-corrected chi connectivity index (χ0v) is 12.4. The van der Waals surface area contributed by atoms with E-state index in [9.17, 15) is 9.59 Å². The normalized spacial score (nSPS) is 10.1. The second kappa shape index (κ2) is 9.39. The number of methoxy groups -OCH3 is 1. The summed E-state index contributed by atoms with van der Waals surface area (Å²) in [4.78, 5) is 22.4. The number of amides is 1. The Bertz CT molecular complexity index is 452. The monoisotopic (exact) mass is 296 g/mol. The summed E-state index contributed by atoms with van der Waals surface area (Å²) in [5.41, 5.74) is 7.20. The minimum Gasteiger partial charge on any atom is -0.469 e. The highest BCUT2D eigenvalue weighted by molar-refractivity contribution is 7.98. The number of nitrogens with one attached hydrogen (secondary N) is 1. The van der Waals surface area contributed by atoms with E-state index in [0.29, 0.717) is 19.4 Å². The summed E-state index contributed by atoms with van der Waals surface area (Å²) in [5, 5.41) is 2.80. The van der Waals surface area contributed by atoms with Gasteiger partial charge in [-0.15, -0.1) is 0 Å². The molecule has 1 aromatic carbocycles. The van der Waals surface area contributed by atoms with Crippen LogP contribution >= 0.6 is 11.8 Å². The molecule has 1 rings (SSSR count). The van der Waals surface area contributed by atoms with E-state index in [2.05, 4.69) is 10.1 Å². The van der Waals surface area contributed by atoms with E-state index in [1.807, 2.05) is 24.3 Å². The summed E-state index contributed by atoms with van der Waals surface area (Å²) in [6, 6.07) is 7.66. The number of thioether (sulfide) groups is 1. The van der Waals surface area contributed by atoms with Crippen LogP contribution in [-0.2, 0) is 20.1 Å². The van der Waals surface area contributed by atoms with Gasteiger partial charge in [0.05, 0.1) is 13.5 Å². The molecule has 0 fully saturated rings. The van der Waals surface area contributed by atoms with Crippen LogP contribution in [0, 0.1) is 0 Å². The number of anilines is 1. The predicted octanol–water partition coefficient (Wildman–Crippen LogP) is 1.77. The highest BCUT2D eigenvalue weighted by Crippen LogP contribution is 2.17. The number of carbonyl (C=O) groups is 2. The molecule has 20 heavy (non-hydrogen) atoms. The summed E-state index contributed by atoms with van der Waals surface area (Å²) >= 11 is 1.65. The number of carbonyl (C=O) groups excluding carboxylic acids is 2. The van der Waals surface area contributed by atoms with E-state index in [0.717, 1.165) is 22.8 Å². The van der Waals surface area contributed by atoms with Gasteiger partial charge in [-0.2, -0.15) is 11.8 Å². The Morgan fingerprint density at radius 3 is 2.85 bits per heavy atom. The van der Waals surface area contributed by atoms with E-state index in [-0.39, 0.29) is 11.9 Å². The second-order valence-electron chi connectivity index (χ2n) is 4.17. The fourth-order valence-corrected chi connectivity index (χ4v) is 2.41. The molecule has 6 heteroatoms. The molecule has 0 saturated heterocycles. The number of esters is 1. The van der Waals surface area contributed by atoms with Crippen molar-refractivity contribution in [3.8, 4) is 0 Å². The molecular formula is C14H20N2O3S. The van der Waals surface area contributed by atoms with Crippen LogP contribution in [0.1, 0.15) is 18.4 Å². The van der Waals surface area contributed by atoms with Crippen LogP contribution < -0.4 is 11.1 Å². The van der Waals surface area contributed by atoms with Crippen LogP contribution in [0.5, 0.6) is 0 Å². The van der Waals surface area contributed by atoms with Crippen molar-refractivity contribution in [2.24, 2.45) is 5.73 Å². The zero-order valence-electron chi connectivity index (χ0n) is 11.6. The molecular weight excluding hydrogens is 276 g/mol. The van der Waals surface area contributed by atoms with E-state index in [4.69, 9.17) is 5.73 Å². The van der Waals surface area contributed by atoms with Crippen molar-refractivity contribution in [3.63, 3.8) is 0 Å². The first-order chi connectivity index (χ1) is 9.65. The topological polar surface area (TPSA) is 81.4 Å². The van der Waals surface area contributed by atoms with Gasteiger partial charge in [0, 0.05) is 30.2 Å². The van der Waals surface area contributed by atoms with Crippen molar-refractivity contribution in [1.82, 2.24) is 0 Å². The van der Waals surface area contributed by atoms with Crippen molar-refractivity contribution < 1.29 is 14.3 Å². The van der Waals surface area contributed by atoms with Crippen LogP contribution in [0.4, 0.5) is 5.69 Å². The highest BCUT2D eigenvalue weighted by Gasteiger charge is 2.03. The Labute approximate surface area is 123 Å². The smallest absolute Gasteiger partial charge is 0.306 e. The van der Waals surface area contributed by atoms with Crippen LogP contribution in [0.2, 0.25) is 0 Å². The Balaban J connectivity index is 2.39. The minimum absolute atomic E-state index is 0.0806. The summed E-state index contributed by atoms with van der Waals surface area (Å²) in [6.45, 7) is 0.342. The first-order valence-corrected chi connectivity index (χ1v) is 7.54. The van der Waals surface area contributed by atoms with Crippen LogP contribution in [0.15, 0.2) is 24.3 Å². The molecule has 5 nitrogen and oxygen atoms in total. The highest BCUT2D eigenvalue weighted by atomic mass is 32.2. The van der Waals surface area contributed by atoms with Crippen LogP contribution in [0.3, 0.4) is 0 Å². The number of hydrogen-bond donors (Lipinski definition) is 2. The standard InChI is InChI=1S/C14H20N2O3S/c1-19-14(18)6-8-20-10-11-3-2-4-12(9-11)16-13(17)5-7-15/h2-4,9H,5-8,10,15H2,1H3,(H,16,17). The molecule has 0 radical (unpaired) electrons. The SMILES string of the molecule is COC(=O)CCSCc1cccc(NC(=O)CCN)c1. The molecule has 0 aliphatic rings. The molecule has 1 aromatic rings. The van der Waals surface area contributed by atoms with Crippen molar-refractivity contribution >= 4 is 29.3 Å². The van der Waals surface area contributed by atoms with E-state index < -0.39 is 0 Å². The Morgan fingerprint density at radius 1 is 1.35 bits per heavy atom. The number of ether oxygens (including phenoxy) is 1. The lowest BCUT2D eigenvalue weighted by molar-refractivity contribution is -0.140. The average Bonchev–Trinajstić information content (AvgIpc) is 2.44. The van der Waals surface area contributed by atoms with Crippen molar-refractivity contribution in [2.45, 2.75) is 18.6 Å². The Hall–Kier alpha value is -1.53. The fraction of sp³-hybridized carbons (Fsp3) is 0.429. The molecule has 110 valence electrons. The molecule has 1 amide bonds. The molecule has 0 aromatic heterocycles. The van der Waals surface area contributed by atoms with Gasteiger partial charge in [-0.25, -0.2) is 0 Å². The number of benzene rings is 1. The lowest BCUT2D eigenvalue weighted by Crippen LogP contribution is -2.16. The van der Waals surface area contributed by atoms with Gasteiger partial charge in [-0.05, 0) is 17.7 Å². The van der Waals surface area contributed by atoms with E-state index in [1.165, 1.54) is 7.11 Å². The summed E-state index contributed by atoms with van der Waals surface area (Å²) in [5.74, 6) is 1.23. The van der Waals surface area contributed by atoms with Crippen molar-refractivity contribution in [2.75, 3.05) is 24.7 Å². The molecule has 0 unspecified atom stereocenters. The third-order valence-electron chi connectivity index (χ3n) is 2.53. The number of hydrogen-bond acceptors (Lipinski definition) is 5. The van der Waals surface area contributed by atoms with Crippen LogP contribution in [-0.4, -0.2) is 31.3 Å². The molecule has 0 saturated carbocycles. The zero-order chi connectivity index (χ0) is 14.8. The Morgan fingerprint density at radius 2 is 2.15 bits per heavy atom. The van der Waals surface area contributed by atoms with Gasteiger partial charge in [0.25, 0.3) is 0 Å². The van der Waals surface area contributed by atoms with Gasteiger partial charge >= 0.3 is 5.97 Å². The first kappa shape index (κ1) is 16.5. The summed E-state index contributed by atoms with van der Waals surface area (Å²) < 4.78 is 4.58. The van der Waals surface area contributed by atoms with Crippen molar-refractivity contribution in [3.05, 3.63) is 29.8 Å². The lowest BCUT2D eigenvalue weighted by atomic mass is 10.2. The van der Waals surface area contributed by atoms with Crippen molar-refractivity contribution in [1.29, 1.82) is 0 Å². The largest absolute Gasteiger partial charge is 0.469 e. The molecule has 0 aliphatic carbocycles. The third-order valence-corrected chi connectivity index (χ3v) is 3.56. The number of nitrogens with two attached hydrogens (primary N) is 1. The molecule has 0 bridgehead atoms. The minimum atomic E-state index is -0.194. The van der Waals surface area contributed by atoms with Gasteiger partial charge in [0.1, 0.15) is 0 Å². The maximum absolute atomic E-state index is 11.4. The molecule has 0 spiro atoms. The fourth-order valence-electron chi connectivity index (χ4n) is 1.54. The quantitative estimate of drug-likeness (QED) is 0.564. The molecule has 3 N–H and O–H groups in total. The van der Waals surface area contributed by atoms with Gasteiger partial charge in [-0.1, -0.05) is 12.1 Å². The predicted molar refractivity (Wildman–Crippen MR) is 81.5 cm³/mol. The molecule has 0 heterocycles. The molecule has 0 atom stereocenters. The van der Waals surface area contributed by atoms with Gasteiger partial charge in [0.15, 0.2) is 0 Å². The second-order valence-corrected chi connectivity index (χ2v) is 5.27. The number of rotatable bonds is 8. The first-order valence-electron chi connectivity index (χ1n) is 6.39. The van der Waals surface area contributed by atoms with Gasteiger partial charge in [-0.3, -0.25) is 9.59 Å². The van der Waals surface area contributed by atoms with Crippen LogP contribution in [0.25, 0.3) is 0 Å². The summed E-state index contributed by atoms with van der Waals surface area (Å²) in [7, 11) is 1.39. The van der Waals surface area contributed by atoms with E-state index in [1.54, 1.807) is 11.8 Å².